The Balaban J connectivity index is 1.70. The van der Waals surface area contributed by atoms with E-state index in [2.05, 4.69) is 10.2 Å². The summed E-state index contributed by atoms with van der Waals surface area (Å²) in [6.45, 7) is 13.0. The fourth-order valence-electron chi connectivity index (χ4n) is 6.40. The van der Waals surface area contributed by atoms with Gasteiger partial charge in [-0.15, -0.1) is 0 Å². The maximum absolute atomic E-state index is 15.8. The molecule has 9 heteroatoms. The van der Waals surface area contributed by atoms with Gasteiger partial charge in [0.25, 0.3) is 5.56 Å². The first kappa shape index (κ1) is 34.0. The van der Waals surface area contributed by atoms with Crippen LogP contribution in [0.5, 0.6) is 0 Å². The zero-order chi connectivity index (χ0) is 33.0. The number of alkyl halides is 1. The van der Waals surface area contributed by atoms with Crippen LogP contribution in [-0.4, -0.2) is 52.3 Å². The monoisotopic (exact) mass is 621 g/mol. The molecule has 0 saturated carbocycles. The number of carboxylic acid groups (broad SMARTS) is 1. The third-order valence-electron chi connectivity index (χ3n) is 8.76. The third kappa shape index (κ3) is 8.25. The van der Waals surface area contributed by atoms with Crippen LogP contribution in [0.2, 0.25) is 0 Å². The van der Waals surface area contributed by atoms with E-state index in [0.717, 1.165) is 33.4 Å². The molecule has 3 aromatic rings. The fourth-order valence-corrected chi connectivity index (χ4v) is 6.40. The van der Waals surface area contributed by atoms with E-state index in [1.807, 2.05) is 52.8 Å². The van der Waals surface area contributed by atoms with Gasteiger partial charge < -0.3 is 19.9 Å². The number of amides is 1. The molecular formula is C36H45F2N3O4. The molecule has 1 aromatic heterocycles. The second-order valence-electron chi connectivity index (χ2n) is 12.9. The Bertz CT molecular complexity index is 1600. The van der Waals surface area contributed by atoms with E-state index >= 15 is 4.39 Å². The molecule has 1 aliphatic rings. The summed E-state index contributed by atoms with van der Waals surface area (Å²) in [5.74, 6) is -2.31. The van der Waals surface area contributed by atoms with E-state index < -0.39 is 42.4 Å². The van der Waals surface area contributed by atoms with Gasteiger partial charge in [0.15, 0.2) is 0 Å². The highest BCUT2D eigenvalue weighted by Gasteiger charge is 2.30. The molecular weight excluding hydrogens is 576 g/mol. The van der Waals surface area contributed by atoms with Crippen molar-refractivity contribution in [1.82, 2.24) is 14.8 Å². The number of halogens is 2. The zero-order valence-electron chi connectivity index (χ0n) is 27.1. The SMILES string of the molecule is Cc1cc(=O)n(C(CC(C)C)C(=O)N[C@@H](CC(=O)O)c2cc(-c3c(C)cccc3C)cc(C)c2F)cc1CCN1CC[C@@H](F)C1. The van der Waals surface area contributed by atoms with Gasteiger partial charge in [0.2, 0.25) is 5.91 Å². The minimum Gasteiger partial charge on any atom is -0.481 e. The number of hydrogen-bond donors (Lipinski definition) is 2. The quantitative estimate of drug-likeness (QED) is 0.245. The Morgan fingerprint density at radius 3 is 2.33 bits per heavy atom. The molecule has 4 rings (SSSR count). The number of hydrogen-bond acceptors (Lipinski definition) is 4. The van der Waals surface area contributed by atoms with Crippen LogP contribution in [-0.2, 0) is 16.0 Å². The number of nitrogens with one attached hydrogen (secondary N) is 1. The maximum atomic E-state index is 15.8. The Kier molecular flexibility index (Phi) is 11.0. The highest BCUT2D eigenvalue weighted by atomic mass is 19.1. The number of rotatable bonds is 12. The topological polar surface area (TPSA) is 91.6 Å². The molecule has 242 valence electrons. The minimum atomic E-state index is -1.19. The van der Waals surface area contributed by atoms with Crippen LogP contribution in [0.25, 0.3) is 11.1 Å². The second-order valence-corrected chi connectivity index (χ2v) is 12.9. The van der Waals surface area contributed by atoms with Gasteiger partial charge in [-0.05, 0) is 104 Å². The Morgan fingerprint density at radius 1 is 1.04 bits per heavy atom. The highest BCUT2D eigenvalue weighted by molar-refractivity contribution is 5.82. The number of aromatic nitrogens is 1. The molecule has 2 aromatic carbocycles. The van der Waals surface area contributed by atoms with Gasteiger partial charge in [-0.1, -0.05) is 32.0 Å². The van der Waals surface area contributed by atoms with Crippen LogP contribution in [0.3, 0.4) is 0 Å². The molecule has 1 amide bonds. The van der Waals surface area contributed by atoms with Gasteiger partial charge in [0, 0.05) is 37.5 Å². The number of carbonyl (C=O) groups is 2. The van der Waals surface area contributed by atoms with Crippen molar-refractivity contribution in [2.45, 2.75) is 85.5 Å². The number of nitrogens with zero attached hydrogens (tertiary/aromatic N) is 2. The summed E-state index contributed by atoms with van der Waals surface area (Å²) in [7, 11) is 0. The molecule has 1 saturated heterocycles. The minimum absolute atomic E-state index is 0.0211. The van der Waals surface area contributed by atoms with Crippen LogP contribution in [0, 0.1) is 39.4 Å². The Labute approximate surface area is 264 Å². The average molecular weight is 622 g/mol. The lowest BCUT2D eigenvalue weighted by Gasteiger charge is -2.26. The van der Waals surface area contributed by atoms with Gasteiger partial charge in [-0.3, -0.25) is 14.4 Å². The van der Waals surface area contributed by atoms with E-state index in [1.54, 1.807) is 25.3 Å². The third-order valence-corrected chi connectivity index (χ3v) is 8.76. The van der Waals surface area contributed by atoms with Crippen molar-refractivity contribution in [2.75, 3.05) is 19.6 Å². The average Bonchev–Trinajstić information content (AvgIpc) is 3.37. The van der Waals surface area contributed by atoms with Gasteiger partial charge in [0.05, 0.1) is 12.5 Å². The van der Waals surface area contributed by atoms with Crippen molar-refractivity contribution in [3.8, 4) is 11.1 Å². The van der Waals surface area contributed by atoms with Crippen LogP contribution in [0.15, 0.2) is 47.4 Å². The van der Waals surface area contributed by atoms with Gasteiger partial charge in [-0.2, -0.15) is 0 Å². The van der Waals surface area contributed by atoms with Gasteiger partial charge in [-0.25, -0.2) is 8.78 Å². The molecule has 0 radical (unpaired) electrons. The number of benzene rings is 2. The lowest BCUT2D eigenvalue weighted by atomic mass is 9.90. The van der Waals surface area contributed by atoms with Crippen LogP contribution < -0.4 is 10.9 Å². The van der Waals surface area contributed by atoms with E-state index in [1.165, 1.54) is 10.6 Å². The molecule has 2 heterocycles. The van der Waals surface area contributed by atoms with Crippen molar-refractivity contribution >= 4 is 11.9 Å². The first-order chi connectivity index (χ1) is 21.2. The Morgan fingerprint density at radius 2 is 1.73 bits per heavy atom. The molecule has 1 aliphatic heterocycles. The van der Waals surface area contributed by atoms with Gasteiger partial charge >= 0.3 is 5.97 Å². The first-order valence-electron chi connectivity index (χ1n) is 15.7. The van der Waals surface area contributed by atoms with E-state index in [9.17, 15) is 23.9 Å². The van der Waals surface area contributed by atoms with Crippen molar-refractivity contribution in [2.24, 2.45) is 5.92 Å². The van der Waals surface area contributed by atoms with E-state index in [-0.39, 0.29) is 17.0 Å². The molecule has 45 heavy (non-hydrogen) atoms. The fraction of sp³-hybridized carbons (Fsp3) is 0.472. The molecule has 0 spiro atoms. The number of likely N-dealkylation sites (tertiary alicyclic amines) is 1. The standard InChI is InChI=1S/C36H45F2N3O4/c1-21(2)14-31(41-19-26(24(5)16-32(41)42)10-12-40-13-11-28(37)20-40)36(45)39-30(18-33(43)44)29-17-27(15-25(6)35(29)38)34-22(3)8-7-9-23(34)4/h7-9,15-17,19,21,28,30-31H,10-14,18,20H2,1-6H3,(H,39,45)(H,43,44)/t28-,30+,31?/m1/s1. The predicted octanol–water partition coefficient (Wildman–Crippen LogP) is 6.39. The number of aliphatic carboxylic acids is 1. The predicted molar refractivity (Wildman–Crippen MR) is 173 cm³/mol. The summed E-state index contributed by atoms with van der Waals surface area (Å²) in [6, 6.07) is 8.62. The Hall–Kier alpha value is -3.85. The number of carbonyl (C=O) groups excluding carboxylic acids is 1. The van der Waals surface area contributed by atoms with E-state index in [0.29, 0.717) is 44.5 Å². The highest BCUT2D eigenvalue weighted by Crippen LogP contribution is 2.33. The van der Waals surface area contributed by atoms with E-state index in [4.69, 9.17) is 0 Å². The maximum Gasteiger partial charge on any atom is 0.305 e. The molecule has 0 bridgehead atoms. The van der Waals surface area contributed by atoms with Crippen LogP contribution in [0.1, 0.15) is 78.6 Å². The number of aryl methyl sites for hydroxylation is 4. The van der Waals surface area contributed by atoms with Gasteiger partial charge in [0.1, 0.15) is 18.0 Å². The molecule has 3 atom stereocenters. The summed E-state index contributed by atoms with van der Waals surface area (Å²) in [5.41, 5.74) is 5.39. The largest absolute Gasteiger partial charge is 0.481 e. The van der Waals surface area contributed by atoms with Crippen LogP contribution in [0.4, 0.5) is 8.78 Å². The lowest BCUT2D eigenvalue weighted by molar-refractivity contribution is -0.138. The molecule has 1 unspecified atom stereocenters. The first-order valence-corrected chi connectivity index (χ1v) is 15.7. The van der Waals surface area contributed by atoms with Crippen molar-refractivity contribution in [1.29, 1.82) is 0 Å². The number of pyridine rings is 1. The smallest absolute Gasteiger partial charge is 0.305 e. The summed E-state index contributed by atoms with van der Waals surface area (Å²) in [4.78, 5) is 41.4. The second kappa shape index (κ2) is 14.5. The molecule has 0 aliphatic carbocycles. The molecule has 7 nitrogen and oxygen atoms in total. The summed E-state index contributed by atoms with van der Waals surface area (Å²) >= 11 is 0. The molecule has 1 fully saturated rings. The lowest BCUT2D eigenvalue weighted by Crippen LogP contribution is -2.40. The number of carboxylic acids is 1. The van der Waals surface area contributed by atoms with Crippen LogP contribution >= 0.6 is 0 Å². The summed E-state index contributed by atoms with van der Waals surface area (Å²) in [5, 5.41) is 12.6. The summed E-state index contributed by atoms with van der Waals surface area (Å²) < 4.78 is 30.9. The van der Waals surface area contributed by atoms with Crippen molar-refractivity contribution < 1.29 is 23.5 Å². The normalized spacial score (nSPS) is 16.6. The molecule has 2 N–H and O–H groups in total. The zero-order valence-corrected chi connectivity index (χ0v) is 27.1. The van der Waals surface area contributed by atoms with Crippen molar-refractivity contribution in [3.05, 3.63) is 92.1 Å². The summed E-state index contributed by atoms with van der Waals surface area (Å²) in [6.07, 6.45) is 1.76. The van der Waals surface area contributed by atoms with Crippen molar-refractivity contribution in [3.63, 3.8) is 0 Å².